The highest BCUT2D eigenvalue weighted by molar-refractivity contribution is 7.14. The molecule has 1 N–H and O–H groups in total. The first kappa shape index (κ1) is 10.8. The maximum atomic E-state index is 5.72. The van der Waals surface area contributed by atoms with E-state index in [1.165, 1.54) is 6.42 Å². The third kappa shape index (κ3) is 3.16. The highest BCUT2D eigenvalue weighted by Crippen LogP contribution is 2.21. The van der Waals surface area contributed by atoms with E-state index in [2.05, 4.69) is 31.1 Å². The molecule has 13 heavy (non-hydrogen) atoms. The van der Waals surface area contributed by atoms with Crippen molar-refractivity contribution < 1.29 is 0 Å². The van der Waals surface area contributed by atoms with Crippen LogP contribution < -0.4 is 5.32 Å². The molecule has 0 saturated carbocycles. The molecule has 0 aliphatic heterocycles. The molecule has 1 heterocycles. The van der Waals surface area contributed by atoms with Gasteiger partial charge in [-0.3, -0.25) is 0 Å². The molecule has 0 aliphatic carbocycles. The van der Waals surface area contributed by atoms with Gasteiger partial charge in [-0.25, -0.2) is 4.98 Å². The number of halogens is 1. The average molecular weight is 219 g/mol. The summed E-state index contributed by atoms with van der Waals surface area (Å²) in [6.07, 6.45) is 1.17. The second-order valence-electron chi connectivity index (χ2n) is 3.29. The largest absolute Gasteiger partial charge is 0.359 e. The average Bonchev–Trinajstić information content (AvgIpc) is 2.49. The van der Waals surface area contributed by atoms with Crippen molar-refractivity contribution in [3.05, 3.63) is 10.5 Å². The molecular formula is C9H15ClN2S. The number of nitrogens with one attached hydrogen (secondary N) is 1. The van der Waals surface area contributed by atoms with Crippen LogP contribution in [0.15, 0.2) is 5.38 Å². The van der Waals surface area contributed by atoms with Crippen LogP contribution in [0.2, 0.25) is 5.15 Å². The van der Waals surface area contributed by atoms with Crippen LogP contribution in [0.25, 0.3) is 0 Å². The normalized spacial score (nSPS) is 15.4. The van der Waals surface area contributed by atoms with E-state index in [0.717, 1.165) is 5.13 Å². The highest BCUT2D eigenvalue weighted by atomic mass is 35.5. The van der Waals surface area contributed by atoms with Gasteiger partial charge in [-0.15, -0.1) is 11.3 Å². The van der Waals surface area contributed by atoms with Gasteiger partial charge in [0.1, 0.15) is 5.15 Å². The topological polar surface area (TPSA) is 24.9 Å². The Morgan fingerprint density at radius 2 is 2.31 bits per heavy atom. The fourth-order valence-corrected chi connectivity index (χ4v) is 1.95. The van der Waals surface area contributed by atoms with Gasteiger partial charge in [-0.2, -0.15) is 0 Å². The summed E-state index contributed by atoms with van der Waals surface area (Å²) >= 11 is 7.27. The second kappa shape index (κ2) is 4.82. The smallest absolute Gasteiger partial charge is 0.184 e. The Balaban J connectivity index is 2.49. The van der Waals surface area contributed by atoms with E-state index < -0.39 is 0 Å². The molecule has 0 spiro atoms. The Morgan fingerprint density at radius 1 is 1.62 bits per heavy atom. The van der Waals surface area contributed by atoms with Crippen molar-refractivity contribution in [2.45, 2.75) is 33.2 Å². The van der Waals surface area contributed by atoms with Gasteiger partial charge in [0.15, 0.2) is 5.13 Å². The van der Waals surface area contributed by atoms with E-state index in [1.807, 2.05) is 5.38 Å². The monoisotopic (exact) mass is 218 g/mol. The predicted molar refractivity (Wildman–Crippen MR) is 59.7 cm³/mol. The van der Waals surface area contributed by atoms with Gasteiger partial charge in [0.05, 0.1) is 0 Å². The van der Waals surface area contributed by atoms with Crippen molar-refractivity contribution in [2.24, 2.45) is 5.92 Å². The number of anilines is 1. The van der Waals surface area contributed by atoms with Crippen molar-refractivity contribution in [1.29, 1.82) is 0 Å². The number of hydrogen-bond acceptors (Lipinski definition) is 3. The molecule has 2 nitrogen and oxygen atoms in total. The van der Waals surface area contributed by atoms with Gasteiger partial charge in [0.25, 0.3) is 0 Å². The molecule has 2 unspecified atom stereocenters. The minimum absolute atomic E-state index is 0.451. The lowest BCUT2D eigenvalue weighted by molar-refractivity contribution is 0.494. The summed E-state index contributed by atoms with van der Waals surface area (Å²) in [5, 5.41) is 6.66. The fraction of sp³-hybridized carbons (Fsp3) is 0.667. The fourth-order valence-electron chi connectivity index (χ4n) is 1.01. The highest BCUT2D eigenvalue weighted by Gasteiger charge is 2.11. The molecule has 0 fully saturated rings. The molecule has 0 aliphatic rings. The predicted octanol–water partition coefficient (Wildman–Crippen LogP) is 3.64. The third-order valence-corrected chi connectivity index (χ3v) is 3.42. The van der Waals surface area contributed by atoms with Crippen molar-refractivity contribution in [3.8, 4) is 0 Å². The molecule has 74 valence electrons. The first-order valence-corrected chi connectivity index (χ1v) is 5.76. The number of aromatic nitrogens is 1. The minimum atomic E-state index is 0.451. The van der Waals surface area contributed by atoms with Crippen LogP contribution in [0, 0.1) is 5.92 Å². The number of rotatable bonds is 4. The Morgan fingerprint density at radius 3 is 2.77 bits per heavy atom. The van der Waals surface area contributed by atoms with Crippen LogP contribution in [-0.4, -0.2) is 11.0 Å². The summed E-state index contributed by atoms with van der Waals surface area (Å²) in [5.41, 5.74) is 0. The van der Waals surface area contributed by atoms with Crippen LogP contribution in [0.4, 0.5) is 5.13 Å². The van der Waals surface area contributed by atoms with Crippen LogP contribution in [0.1, 0.15) is 27.2 Å². The SMILES string of the molecule is CCC(C)C(C)Nc1nc(Cl)cs1. The molecule has 4 heteroatoms. The van der Waals surface area contributed by atoms with Gasteiger partial charge in [-0.05, 0) is 12.8 Å². The molecular weight excluding hydrogens is 204 g/mol. The zero-order valence-corrected chi connectivity index (χ0v) is 9.75. The Kier molecular flexibility index (Phi) is 4.00. The zero-order valence-electron chi connectivity index (χ0n) is 8.17. The quantitative estimate of drug-likeness (QED) is 0.835. The maximum Gasteiger partial charge on any atom is 0.184 e. The van der Waals surface area contributed by atoms with E-state index in [1.54, 1.807) is 11.3 Å². The summed E-state index contributed by atoms with van der Waals surface area (Å²) in [6.45, 7) is 6.59. The van der Waals surface area contributed by atoms with Crippen LogP contribution in [0.5, 0.6) is 0 Å². The van der Waals surface area contributed by atoms with Crippen molar-refractivity contribution in [3.63, 3.8) is 0 Å². The van der Waals surface area contributed by atoms with Crippen LogP contribution in [0.3, 0.4) is 0 Å². The van der Waals surface area contributed by atoms with Gasteiger partial charge < -0.3 is 5.32 Å². The standard InChI is InChI=1S/C9H15ClN2S/c1-4-6(2)7(3)11-9-12-8(10)5-13-9/h5-7H,4H2,1-3H3,(H,11,12). The van der Waals surface area contributed by atoms with E-state index in [0.29, 0.717) is 17.1 Å². The van der Waals surface area contributed by atoms with E-state index in [9.17, 15) is 0 Å². The lowest BCUT2D eigenvalue weighted by Gasteiger charge is -2.18. The first-order valence-electron chi connectivity index (χ1n) is 4.51. The number of hydrogen-bond donors (Lipinski definition) is 1. The molecule has 0 amide bonds. The van der Waals surface area contributed by atoms with E-state index >= 15 is 0 Å². The summed E-state index contributed by atoms with van der Waals surface area (Å²) in [4.78, 5) is 4.14. The zero-order chi connectivity index (χ0) is 9.84. The molecule has 1 aromatic rings. The van der Waals surface area contributed by atoms with E-state index in [4.69, 9.17) is 11.6 Å². The lowest BCUT2D eigenvalue weighted by atomic mass is 10.0. The van der Waals surface area contributed by atoms with E-state index in [-0.39, 0.29) is 0 Å². The second-order valence-corrected chi connectivity index (χ2v) is 4.54. The van der Waals surface area contributed by atoms with Gasteiger partial charge in [0.2, 0.25) is 0 Å². The van der Waals surface area contributed by atoms with Crippen molar-refractivity contribution in [1.82, 2.24) is 4.98 Å². The Hall–Kier alpha value is -0.280. The summed E-state index contributed by atoms with van der Waals surface area (Å²) in [7, 11) is 0. The van der Waals surface area contributed by atoms with Crippen molar-refractivity contribution in [2.75, 3.05) is 5.32 Å². The summed E-state index contributed by atoms with van der Waals surface area (Å²) < 4.78 is 0. The molecule has 1 aromatic heterocycles. The van der Waals surface area contributed by atoms with Gasteiger partial charge in [-0.1, -0.05) is 31.9 Å². The molecule has 0 aromatic carbocycles. The molecule has 0 radical (unpaired) electrons. The van der Waals surface area contributed by atoms with Gasteiger partial charge in [0, 0.05) is 11.4 Å². The van der Waals surface area contributed by atoms with Crippen molar-refractivity contribution >= 4 is 28.1 Å². The number of nitrogens with zero attached hydrogens (tertiary/aromatic N) is 1. The first-order chi connectivity index (χ1) is 6.13. The van der Waals surface area contributed by atoms with Gasteiger partial charge >= 0.3 is 0 Å². The molecule has 2 atom stereocenters. The summed E-state index contributed by atoms with van der Waals surface area (Å²) in [6, 6.07) is 0.451. The van der Waals surface area contributed by atoms with Crippen LogP contribution in [-0.2, 0) is 0 Å². The molecule has 0 saturated heterocycles. The van der Waals surface area contributed by atoms with Crippen LogP contribution >= 0.6 is 22.9 Å². The molecule has 0 bridgehead atoms. The molecule has 1 rings (SSSR count). The Bertz CT molecular complexity index is 262. The minimum Gasteiger partial charge on any atom is -0.359 e. The number of thiazole rings is 1. The lowest BCUT2D eigenvalue weighted by Crippen LogP contribution is -2.22. The Labute approximate surface area is 88.3 Å². The summed E-state index contributed by atoms with van der Waals surface area (Å²) in [5.74, 6) is 0.655. The third-order valence-electron chi connectivity index (χ3n) is 2.32. The maximum absolute atomic E-state index is 5.72.